The Balaban J connectivity index is 0. The van der Waals surface area contributed by atoms with Crippen LogP contribution in [-0.2, 0) is 67.8 Å². The summed E-state index contributed by atoms with van der Waals surface area (Å²) in [6, 6.07) is 0. The van der Waals surface area contributed by atoms with E-state index in [1.807, 2.05) is 17.2 Å². The Morgan fingerprint density at radius 3 is 1.44 bits per heavy atom. The zero-order valence-electron chi connectivity index (χ0n) is 52.6. The van der Waals surface area contributed by atoms with E-state index in [4.69, 9.17) is 38.8 Å². The number of hydrogen-bond acceptors (Lipinski definition) is 15. The third-order valence-corrected chi connectivity index (χ3v) is 19.2. The van der Waals surface area contributed by atoms with Gasteiger partial charge in [-0.1, -0.05) is 111 Å². The molecule has 0 radical (unpaired) electrons. The molecule has 0 aliphatic carbocycles. The molecule has 2 aliphatic heterocycles. The van der Waals surface area contributed by atoms with E-state index in [0.29, 0.717) is 82.6 Å². The van der Waals surface area contributed by atoms with Gasteiger partial charge in [0.1, 0.15) is 18.9 Å². The van der Waals surface area contributed by atoms with Gasteiger partial charge in [-0.3, -0.25) is 14.3 Å². The van der Waals surface area contributed by atoms with Crippen molar-refractivity contribution in [3.63, 3.8) is 0 Å². The Hall–Kier alpha value is -3.21. The van der Waals surface area contributed by atoms with Crippen LogP contribution in [0.3, 0.4) is 0 Å². The predicted octanol–water partition coefficient (Wildman–Crippen LogP) is 8.88. The van der Waals surface area contributed by atoms with Crippen LogP contribution in [0.1, 0.15) is 177 Å². The van der Waals surface area contributed by atoms with Crippen LogP contribution in [0.25, 0.3) is 0 Å². The average Bonchev–Trinajstić information content (AvgIpc) is 4.10. The number of H-pyrrole nitrogens is 2. The molecule has 2 aliphatic rings. The summed E-state index contributed by atoms with van der Waals surface area (Å²) in [5.74, 6) is 5.28. The molecule has 0 saturated carbocycles. The van der Waals surface area contributed by atoms with Gasteiger partial charge < -0.3 is 25.4 Å². The number of nitrogens with two attached hydrogens (primary N) is 1. The molecule has 474 valence electrons. The van der Waals surface area contributed by atoms with Gasteiger partial charge in [0.2, 0.25) is 0 Å². The van der Waals surface area contributed by atoms with Crippen molar-refractivity contribution in [1.82, 2.24) is 24.4 Å². The van der Waals surface area contributed by atoms with E-state index in [1.165, 1.54) is 21.5 Å². The molecule has 0 spiro atoms. The number of ether oxygens (including phenoxy) is 4. The van der Waals surface area contributed by atoms with E-state index in [9.17, 15) is 33.9 Å². The minimum absolute atomic E-state index is 0. The van der Waals surface area contributed by atoms with E-state index >= 15 is 0 Å². The maximum atomic E-state index is 13.5. The number of carbonyl (C=O) groups excluding carboxylic acids is 1. The summed E-state index contributed by atoms with van der Waals surface area (Å²) < 4.78 is 34.7. The Bertz CT molecular complexity index is 2490. The van der Waals surface area contributed by atoms with Crippen molar-refractivity contribution in [1.29, 1.82) is 4.21 Å². The number of aliphatic hydroxyl groups excluding tert-OH is 1. The van der Waals surface area contributed by atoms with Crippen LogP contribution in [0.2, 0.25) is 0 Å². The number of carbonyl (C=O) groups is 2. The topological polar surface area (TPSA) is 305 Å². The number of aromatic amines is 2. The van der Waals surface area contributed by atoms with Gasteiger partial charge in [0, 0.05) is 25.1 Å². The summed E-state index contributed by atoms with van der Waals surface area (Å²) in [5.41, 5.74) is 4.77. The number of carboxylic acids is 1. The van der Waals surface area contributed by atoms with E-state index in [2.05, 4.69) is 151 Å². The number of aliphatic hydroxyl groups is 1. The maximum absolute atomic E-state index is 13.5. The van der Waals surface area contributed by atoms with Gasteiger partial charge in [0.15, 0.2) is 0 Å². The summed E-state index contributed by atoms with van der Waals surface area (Å²) in [5, 5.41) is 21.2. The minimum atomic E-state index is -1.13. The van der Waals surface area contributed by atoms with Crippen molar-refractivity contribution in [2.24, 2.45) is 86.6 Å². The van der Waals surface area contributed by atoms with Gasteiger partial charge in [-0.05, 0) is 67.1 Å². The summed E-state index contributed by atoms with van der Waals surface area (Å²) >= 11 is 3.54. The molecule has 1 amide bonds. The van der Waals surface area contributed by atoms with Crippen LogP contribution < -0.4 is 33.5 Å². The Kier molecular flexibility index (Phi) is 34.6. The molecule has 23 heteroatoms. The number of carboxylic acid groups (broad SMARTS) is 1. The molecule has 21 nitrogen and oxygen atoms in total. The molecule has 8 N–H and O–H groups in total. The molecule has 0 aromatic carbocycles. The van der Waals surface area contributed by atoms with Crippen LogP contribution in [0.15, 0.2) is 35.5 Å². The predicted molar refractivity (Wildman–Crippen MR) is 314 cm³/mol. The standard InChI is InChI=1S/C30H52N4O6.C16H35N.C12H16N2O7.CH4.HN.2V.H2/c1-16(2)19(6)21(8)23(10)30(11,22(9)20(7)17(3)4)33-26(35)15-38-24-12-27(40-25(24)14-39-31)34-13-18(5)28(36)32-29(34)37;1-10(2)12(5)14(7)16(9,17)15(8)13(6)11(3)4;1-6-3-14(12(19)13-11(6)18)9-2-7(8(4-15)21-9)20-5-10(16)17;;;;;/h13,16-17,19-25,27H,12,14-15H2,1-11H3,(H,33,35)(H,32,36,37);10-15H,17H2,1-9H3;3,7-9,15H,2,4-5H2,1H3,(H,16,17)(H,13,18,19);1H4;1H;;;1H/i;;;;;;;1+2. The number of rotatable bonds is 26. The normalized spacial score (nSPS) is 23.5. The Morgan fingerprint density at radius 2 is 1.06 bits per heavy atom. The third-order valence-electron chi connectivity index (χ3n) is 19.1. The van der Waals surface area contributed by atoms with Crippen molar-refractivity contribution in [2.45, 2.75) is 214 Å². The van der Waals surface area contributed by atoms with Crippen molar-refractivity contribution in [2.75, 3.05) is 26.4 Å². The second-order valence-corrected chi connectivity index (χ2v) is 25.2. The van der Waals surface area contributed by atoms with Crippen molar-refractivity contribution in [3.05, 3.63) is 65.2 Å². The number of aliphatic carboxylic acids is 1. The molecule has 4 rings (SSSR count). The quantitative estimate of drug-likeness (QED) is 0.0433. The van der Waals surface area contributed by atoms with Crippen molar-refractivity contribution >= 4 is 11.9 Å². The summed E-state index contributed by atoms with van der Waals surface area (Å²) in [6.45, 7) is 45.5. The Labute approximate surface area is 509 Å². The summed E-state index contributed by atoms with van der Waals surface area (Å²) in [4.78, 5) is 81.2. The first-order valence-corrected chi connectivity index (χ1v) is 30.1. The first-order valence-electron chi connectivity index (χ1n) is 28.8. The SMILES string of the molecule is C.CC(C)C(C)C(C)C(C)(N)C(C)C(C)C(C)C.Cc1cn(C2CC(OCC(=O)NC(C)(C(C)C(C)C(C)C)C(C)C(C)C(C)C(C)C)C(CO[N]=[V])O2)c(=O)[nH]c1=O.Cc1cn(C2CC(OCC(=O)O)C(CO)O2)c(=O)[nH]c1=O.[3HH].[NH]=[V]. The molecular formula is C59H110N8O13V2. The van der Waals surface area contributed by atoms with Crippen LogP contribution in [0, 0.1) is 95.0 Å². The van der Waals surface area contributed by atoms with E-state index in [0.717, 1.165) is 0 Å². The zero-order valence-corrected chi connectivity index (χ0v) is 55.4. The van der Waals surface area contributed by atoms with E-state index in [1.54, 1.807) is 31.1 Å². The number of nitrogens with one attached hydrogen (secondary N) is 4. The molecular weight excluding hydrogens is 1130 g/mol. The number of hydrogen-bond donors (Lipinski definition) is 7. The van der Waals surface area contributed by atoms with Gasteiger partial charge in [0.25, 0.3) is 5.56 Å². The second kappa shape index (κ2) is 36.1. The van der Waals surface area contributed by atoms with E-state index < -0.39 is 77.5 Å². The average molecular weight is 1240 g/mol. The molecule has 2 aromatic heterocycles. The third kappa shape index (κ3) is 21.9. The van der Waals surface area contributed by atoms with Gasteiger partial charge in [-0.25, -0.2) is 9.59 Å². The van der Waals surface area contributed by atoms with Gasteiger partial charge >= 0.3 is 222 Å². The van der Waals surface area contributed by atoms with Gasteiger partial charge in [0.05, 0.1) is 12.7 Å². The number of aryl methyl sites for hydroxylation is 2. The zero-order chi connectivity index (χ0) is 62.8. The van der Waals surface area contributed by atoms with Gasteiger partial charge in [-0.15, -0.1) is 0 Å². The molecule has 16 atom stereocenters. The van der Waals surface area contributed by atoms with Crippen LogP contribution in [-0.4, -0.2) is 103 Å². The molecule has 2 saturated heterocycles. The Morgan fingerprint density at radius 1 is 0.695 bits per heavy atom. The molecule has 16 unspecified atom stereocenters. The molecule has 0 bridgehead atoms. The van der Waals surface area contributed by atoms with Crippen molar-refractivity contribution < 1.29 is 79.5 Å². The second-order valence-electron chi connectivity index (χ2n) is 25.0. The van der Waals surface area contributed by atoms with Crippen LogP contribution >= 0.6 is 0 Å². The summed E-state index contributed by atoms with van der Waals surface area (Å²) in [6.07, 6.45) is -0.517. The van der Waals surface area contributed by atoms with Crippen LogP contribution in [0.4, 0.5) is 0 Å². The van der Waals surface area contributed by atoms with Crippen LogP contribution in [0.5, 0.6) is 0 Å². The first kappa shape index (κ1) is 78.8. The monoisotopic (exact) mass is 1240 g/mol. The van der Waals surface area contributed by atoms with Crippen molar-refractivity contribution in [3.8, 4) is 0 Å². The molecule has 82 heavy (non-hydrogen) atoms. The fraction of sp³-hybridized carbons (Fsp3) is 0.831. The number of nitrogens with zero attached hydrogens (tertiary/aromatic N) is 3. The van der Waals surface area contributed by atoms with E-state index in [-0.39, 0.29) is 58.4 Å². The van der Waals surface area contributed by atoms with Gasteiger partial charge in [-0.2, -0.15) is 0 Å². The summed E-state index contributed by atoms with van der Waals surface area (Å²) in [7, 11) is 0. The fourth-order valence-electron chi connectivity index (χ4n) is 10.9. The number of amides is 1. The molecule has 2 aromatic rings. The molecule has 2 fully saturated rings. The fourth-order valence-corrected chi connectivity index (χ4v) is 11.0. The number of aromatic nitrogens is 4. The first-order chi connectivity index (χ1) is 37.5. The molecule has 4 heterocycles.